The van der Waals surface area contributed by atoms with E-state index in [0.717, 1.165) is 5.56 Å². The minimum atomic E-state index is -0.479. The standard InChI is InChI=1S/C19H18N4O2S/c1-12-7-9-13(10-8-12)11-26-19-22-16(20)15(18(25)23-19)21-17(24)14-5-3-2-4-6-14/h2-10H,11H2,1H3,(H,21,24)(H3,20,22,23,25). The molecule has 0 radical (unpaired) electrons. The summed E-state index contributed by atoms with van der Waals surface area (Å²) in [7, 11) is 0. The molecule has 1 amide bonds. The lowest BCUT2D eigenvalue weighted by atomic mass is 10.2. The zero-order valence-corrected chi connectivity index (χ0v) is 15.0. The van der Waals surface area contributed by atoms with Crippen molar-refractivity contribution in [3.63, 3.8) is 0 Å². The topological polar surface area (TPSA) is 101 Å². The van der Waals surface area contributed by atoms with Gasteiger partial charge >= 0.3 is 0 Å². The van der Waals surface area contributed by atoms with E-state index in [1.165, 1.54) is 17.3 Å². The average Bonchev–Trinajstić information content (AvgIpc) is 2.65. The summed E-state index contributed by atoms with van der Waals surface area (Å²) in [5.74, 6) is 0.229. The number of nitrogens with zero attached hydrogens (tertiary/aromatic N) is 1. The quantitative estimate of drug-likeness (QED) is 0.475. The minimum Gasteiger partial charge on any atom is -0.382 e. The highest BCUT2D eigenvalue weighted by Crippen LogP contribution is 2.21. The zero-order chi connectivity index (χ0) is 18.5. The highest BCUT2D eigenvalue weighted by atomic mass is 32.2. The Morgan fingerprint density at radius 2 is 1.85 bits per heavy atom. The summed E-state index contributed by atoms with van der Waals surface area (Å²) in [6, 6.07) is 16.7. The van der Waals surface area contributed by atoms with Crippen LogP contribution in [0.5, 0.6) is 0 Å². The fourth-order valence-corrected chi connectivity index (χ4v) is 3.09. The average molecular weight is 366 g/mol. The number of nitrogens with two attached hydrogens (primary N) is 1. The van der Waals surface area contributed by atoms with Gasteiger partial charge in [0.05, 0.1) is 0 Å². The number of rotatable bonds is 5. The molecular weight excluding hydrogens is 348 g/mol. The van der Waals surface area contributed by atoms with Crippen LogP contribution >= 0.6 is 11.8 Å². The number of benzene rings is 2. The number of nitrogens with one attached hydrogen (secondary N) is 2. The maximum Gasteiger partial charge on any atom is 0.277 e. The number of hydrogen-bond acceptors (Lipinski definition) is 5. The fraction of sp³-hybridized carbons (Fsp3) is 0.105. The molecule has 0 saturated carbocycles. The molecule has 1 aromatic heterocycles. The Morgan fingerprint density at radius 3 is 2.50 bits per heavy atom. The van der Waals surface area contributed by atoms with E-state index >= 15 is 0 Å². The molecule has 6 nitrogen and oxygen atoms in total. The van der Waals surface area contributed by atoms with Crippen molar-refractivity contribution in [2.24, 2.45) is 0 Å². The lowest BCUT2D eigenvalue weighted by Crippen LogP contribution is -2.23. The summed E-state index contributed by atoms with van der Waals surface area (Å²) < 4.78 is 0. The van der Waals surface area contributed by atoms with Crippen LogP contribution in [0.4, 0.5) is 11.5 Å². The lowest BCUT2D eigenvalue weighted by Gasteiger charge is -2.08. The van der Waals surface area contributed by atoms with E-state index in [2.05, 4.69) is 15.3 Å². The van der Waals surface area contributed by atoms with E-state index in [0.29, 0.717) is 16.5 Å². The van der Waals surface area contributed by atoms with E-state index in [1.807, 2.05) is 31.2 Å². The van der Waals surface area contributed by atoms with Gasteiger partial charge in [0.2, 0.25) is 0 Å². The predicted molar refractivity (Wildman–Crippen MR) is 104 cm³/mol. The Balaban J connectivity index is 1.72. The number of amides is 1. The van der Waals surface area contributed by atoms with E-state index in [4.69, 9.17) is 5.73 Å². The van der Waals surface area contributed by atoms with Crippen LogP contribution in [-0.2, 0) is 5.75 Å². The Bertz CT molecular complexity index is 969. The maximum atomic E-state index is 12.3. The molecule has 1 heterocycles. The Labute approximate surface area is 154 Å². The van der Waals surface area contributed by atoms with Gasteiger partial charge in [0, 0.05) is 11.3 Å². The SMILES string of the molecule is Cc1ccc(CSc2nc(N)c(NC(=O)c3ccccc3)c(=O)[nH]2)cc1. The summed E-state index contributed by atoms with van der Waals surface area (Å²) in [5.41, 5.74) is 8.09. The third kappa shape index (κ3) is 4.31. The first-order valence-corrected chi connectivity index (χ1v) is 8.96. The summed E-state index contributed by atoms with van der Waals surface area (Å²) in [5, 5.41) is 2.93. The highest BCUT2D eigenvalue weighted by molar-refractivity contribution is 7.98. The molecule has 0 aliphatic carbocycles. The van der Waals surface area contributed by atoms with Crippen molar-refractivity contribution < 1.29 is 4.79 Å². The van der Waals surface area contributed by atoms with Gasteiger partial charge < -0.3 is 11.1 Å². The summed E-state index contributed by atoms with van der Waals surface area (Å²) in [4.78, 5) is 31.3. The monoisotopic (exact) mass is 366 g/mol. The van der Waals surface area contributed by atoms with Crippen LogP contribution in [0, 0.1) is 6.92 Å². The Kier molecular flexibility index (Phi) is 5.38. The van der Waals surface area contributed by atoms with Crippen molar-refractivity contribution in [2.45, 2.75) is 17.8 Å². The molecule has 0 unspecified atom stereocenters. The number of hydrogen-bond donors (Lipinski definition) is 3. The molecule has 7 heteroatoms. The van der Waals surface area contributed by atoms with Gasteiger partial charge in [-0.3, -0.25) is 14.6 Å². The predicted octanol–water partition coefficient (Wildman–Crippen LogP) is 3.21. The number of carbonyl (C=O) groups excluding carboxylic acids is 1. The molecule has 0 aliphatic heterocycles. The molecule has 132 valence electrons. The Hall–Kier alpha value is -3.06. The first-order chi connectivity index (χ1) is 12.5. The normalized spacial score (nSPS) is 10.5. The Morgan fingerprint density at radius 1 is 1.15 bits per heavy atom. The van der Waals surface area contributed by atoms with Gasteiger partial charge in [-0.15, -0.1) is 0 Å². The third-order valence-electron chi connectivity index (χ3n) is 3.70. The molecule has 0 bridgehead atoms. The molecule has 0 fully saturated rings. The van der Waals surface area contributed by atoms with Crippen molar-refractivity contribution in [1.82, 2.24) is 9.97 Å². The molecule has 3 aromatic rings. The van der Waals surface area contributed by atoms with Gasteiger partial charge in [-0.05, 0) is 24.6 Å². The second kappa shape index (κ2) is 7.88. The van der Waals surface area contributed by atoms with Crippen molar-refractivity contribution >= 4 is 29.2 Å². The number of aromatic amines is 1. The number of aryl methyl sites for hydroxylation is 1. The zero-order valence-electron chi connectivity index (χ0n) is 14.2. The second-order valence-corrected chi connectivity index (χ2v) is 6.69. The summed E-state index contributed by atoms with van der Waals surface area (Å²) in [6.45, 7) is 2.03. The van der Waals surface area contributed by atoms with Crippen LogP contribution in [0.3, 0.4) is 0 Å². The van der Waals surface area contributed by atoms with E-state index in [-0.39, 0.29) is 11.5 Å². The van der Waals surface area contributed by atoms with E-state index < -0.39 is 11.5 Å². The van der Waals surface area contributed by atoms with Crippen molar-refractivity contribution in [3.8, 4) is 0 Å². The molecule has 2 aromatic carbocycles. The lowest BCUT2D eigenvalue weighted by molar-refractivity contribution is 0.102. The van der Waals surface area contributed by atoms with Crippen LogP contribution in [0.25, 0.3) is 0 Å². The van der Waals surface area contributed by atoms with Gasteiger partial charge in [-0.1, -0.05) is 59.8 Å². The van der Waals surface area contributed by atoms with Gasteiger partial charge in [-0.25, -0.2) is 4.98 Å². The second-order valence-electron chi connectivity index (χ2n) is 5.73. The van der Waals surface area contributed by atoms with Gasteiger partial charge in [-0.2, -0.15) is 0 Å². The van der Waals surface area contributed by atoms with Crippen molar-refractivity contribution in [3.05, 3.63) is 81.6 Å². The first-order valence-electron chi connectivity index (χ1n) is 7.97. The maximum absolute atomic E-state index is 12.3. The smallest absolute Gasteiger partial charge is 0.277 e. The van der Waals surface area contributed by atoms with Gasteiger partial charge in [0.1, 0.15) is 5.69 Å². The molecule has 3 rings (SSSR count). The summed E-state index contributed by atoms with van der Waals surface area (Å²) >= 11 is 1.37. The largest absolute Gasteiger partial charge is 0.382 e. The van der Waals surface area contributed by atoms with Crippen LogP contribution in [0.15, 0.2) is 64.5 Å². The number of H-pyrrole nitrogens is 1. The molecule has 0 spiro atoms. The van der Waals surface area contributed by atoms with E-state index in [1.54, 1.807) is 30.3 Å². The highest BCUT2D eigenvalue weighted by Gasteiger charge is 2.14. The molecule has 0 aliphatic rings. The first kappa shape index (κ1) is 17.8. The third-order valence-corrected chi connectivity index (χ3v) is 4.64. The summed E-state index contributed by atoms with van der Waals surface area (Å²) in [6.07, 6.45) is 0. The molecule has 26 heavy (non-hydrogen) atoms. The minimum absolute atomic E-state index is 0.00978. The van der Waals surface area contributed by atoms with Crippen molar-refractivity contribution in [2.75, 3.05) is 11.1 Å². The number of carbonyl (C=O) groups is 1. The van der Waals surface area contributed by atoms with Gasteiger partial charge in [0.25, 0.3) is 11.5 Å². The van der Waals surface area contributed by atoms with Crippen LogP contribution in [0.2, 0.25) is 0 Å². The van der Waals surface area contributed by atoms with E-state index in [9.17, 15) is 9.59 Å². The number of nitrogen functional groups attached to an aromatic ring is 1. The number of anilines is 2. The molecular formula is C19H18N4O2S. The van der Waals surface area contributed by atoms with Crippen molar-refractivity contribution in [1.29, 1.82) is 0 Å². The fourth-order valence-electron chi connectivity index (χ4n) is 2.27. The molecule has 4 N–H and O–H groups in total. The van der Waals surface area contributed by atoms with Gasteiger partial charge in [0.15, 0.2) is 11.0 Å². The van der Waals surface area contributed by atoms with Crippen LogP contribution in [-0.4, -0.2) is 15.9 Å². The van der Waals surface area contributed by atoms with Crippen LogP contribution in [0.1, 0.15) is 21.5 Å². The number of thioether (sulfide) groups is 1. The molecule has 0 atom stereocenters. The number of aromatic nitrogens is 2. The van der Waals surface area contributed by atoms with Crippen LogP contribution < -0.4 is 16.6 Å². The molecule has 0 saturated heterocycles.